The summed E-state index contributed by atoms with van der Waals surface area (Å²) in [6, 6.07) is 9.18. The Labute approximate surface area is 119 Å². The molecule has 0 aliphatic rings. The normalized spacial score (nSPS) is 10.0. The first kappa shape index (κ1) is 13.5. The highest BCUT2D eigenvalue weighted by atomic mass is 35.5. The molecule has 96 valence electrons. The van der Waals surface area contributed by atoms with Crippen LogP contribution in [0.25, 0.3) is 0 Å². The molecular formula is C13H8Cl2FN3. The molecule has 0 atom stereocenters. The first-order valence-electron chi connectivity index (χ1n) is 5.23. The second-order valence-electron chi connectivity index (χ2n) is 3.75. The number of nitriles is 1. The fourth-order valence-corrected chi connectivity index (χ4v) is 2.12. The molecule has 3 nitrogen and oxygen atoms in total. The number of benzene rings is 2. The third-order valence-corrected chi connectivity index (χ3v) is 3.09. The van der Waals surface area contributed by atoms with Crippen molar-refractivity contribution >= 4 is 40.3 Å². The maximum atomic E-state index is 13.1. The molecule has 0 bridgehead atoms. The third-order valence-electron chi connectivity index (χ3n) is 2.49. The summed E-state index contributed by atoms with van der Waals surface area (Å²) in [5.74, 6) is -0.528. The van der Waals surface area contributed by atoms with E-state index in [0.717, 1.165) is 12.1 Å². The van der Waals surface area contributed by atoms with Crippen LogP contribution in [0.5, 0.6) is 0 Å². The van der Waals surface area contributed by atoms with Gasteiger partial charge in [0, 0.05) is 0 Å². The van der Waals surface area contributed by atoms with E-state index in [9.17, 15) is 4.39 Å². The maximum absolute atomic E-state index is 13.1. The second-order valence-corrected chi connectivity index (χ2v) is 4.56. The van der Waals surface area contributed by atoms with E-state index in [1.54, 1.807) is 18.2 Å². The number of nitrogen functional groups attached to an aromatic ring is 1. The fraction of sp³-hybridized carbons (Fsp3) is 0. The van der Waals surface area contributed by atoms with Crippen LogP contribution in [-0.4, -0.2) is 0 Å². The van der Waals surface area contributed by atoms with Gasteiger partial charge in [0.15, 0.2) is 0 Å². The second kappa shape index (κ2) is 5.35. The Bertz CT molecular complexity index is 657. The molecule has 0 saturated carbocycles. The number of hydrogen-bond acceptors (Lipinski definition) is 3. The quantitative estimate of drug-likeness (QED) is 0.811. The Hall–Kier alpha value is -1.96. The summed E-state index contributed by atoms with van der Waals surface area (Å²) < 4.78 is 13.1. The standard InChI is InChI=1S/C13H8Cl2FN3/c14-9-4-8(16)5-10(15)13(9)19-11-3-1-2-7(6-17)12(11)18/h1-5,19H,18H2. The molecule has 0 fully saturated rings. The van der Waals surface area contributed by atoms with Gasteiger partial charge < -0.3 is 11.1 Å². The molecule has 0 aliphatic heterocycles. The van der Waals surface area contributed by atoms with Crippen LogP contribution in [0.15, 0.2) is 30.3 Å². The number of rotatable bonds is 2. The zero-order valence-corrected chi connectivity index (χ0v) is 11.1. The molecule has 3 N–H and O–H groups in total. The molecular weight excluding hydrogens is 288 g/mol. The molecule has 19 heavy (non-hydrogen) atoms. The smallest absolute Gasteiger partial charge is 0.126 e. The molecule has 6 heteroatoms. The van der Waals surface area contributed by atoms with Crippen molar-refractivity contribution in [3.63, 3.8) is 0 Å². The predicted octanol–water partition coefficient (Wildman–Crippen LogP) is 4.33. The minimum absolute atomic E-state index is 0.131. The zero-order valence-electron chi connectivity index (χ0n) is 9.55. The van der Waals surface area contributed by atoms with E-state index in [4.69, 9.17) is 34.2 Å². The first-order valence-corrected chi connectivity index (χ1v) is 5.98. The van der Waals surface area contributed by atoms with Gasteiger partial charge in [-0.15, -0.1) is 0 Å². The number of anilines is 3. The van der Waals surface area contributed by atoms with Gasteiger partial charge in [-0.05, 0) is 24.3 Å². The molecule has 0 spiro atoms. The van der Waals surface area contributed by atoms with Crippen molar-refractivity contribution in [3.05, 3.63) is 51.8 Å². The van der Waals surface area contributed by atoms with Crippen molar-refractivity contribution < 1.29 is 4.39 Å². The molecule has 0 heterocycles. The highest BCUT2D eigenvalue weighted by molar-refractivity contribution is 6.39. The highest BCUT2D eigenvalue weighted by Crippen LogP contribution is 2.35. The highest BCUT2D eigenvalue weighted by Gasteiger charge is 2.11. The van der Waals surface area contributed by atoms with Crippen molar-refractivity contribution in [2.45, 2.75) is 0 Å². The summed E-state index contributed by atoms with van der Waals surface area (Å²) in [6.45, 7) is 0. The molecule has 2 aromatic rings. The van der Waals surface area contributed by atoms with Crippen molar-refractivity contribution in [3.8, 4) is 6.07 Å². The molecule has 0 radical (unpaired) electrons. The number of para-hydroxylation sites is 1. The van der Waals surface area contributed by atoms with Gasteiger partial charge in [0.2, 0.25) is 0 Å². The van der Waals surface area contributed by atoms with Crippen molar-refractivity contribution in [2.24, 2.45) is 0 Å². The summed E-state index contributed by atoms with van der Waals surface area (Å²) in [7, 11) is 0. The average Bonchev–Trinajstić information content (AvgIpc) is 2.35. The SMILES string of the molecule is N#Cc1cccc(Nc2c(Cl)cc(F)cc2Cl)c1N. The molecule has 2 aromatic carbocycles. The minimum atomic E-state index is -0.528. The molecule has 2 rings (SSSR count). The van der Waals surface area contributed by atoms with E-state index in [1.807, 2.05) is 6.07 Å². The number of nitrogens with one attached hydrogen (secondary N) is 1. The lowest BCUT2D eigenvalue weighted by Crippen LogP contribution is -2.00. The van der Waals surface area contributed by atoms with Gasteiger partial charge in [0.25, 0.3) is 0 Å². The number of nitrogens with zero attached hydrogens (tertiary/aromatic N) is 1. The predicted molar refractivity (Wildman–Crippen MR) is 75.3 cm³/mol. The van der Waals surface area contributed by atoms with E-state index < -0.39 is 5.82 Å². The summed E-state index contributed by atoms with van der Waals surface area (Å²) >= 11 is 11.8. The molecule has 0 unspecified atom stereocenters. The lowest BCUT2D eigenvalue weighted by molar-refractivity contribution is 0.628. The van der Waals surface area contributed by atoms with Gasteiger partial charge in [-0.1, -0.05) is 29.3 Å². The van der Waals surface area contributed by atoms with Crippen LogP contribution in [0.4, 0.5) is 21.5 Å². The molecule has 0 aromatic heterocycles. The summed E-state index contributed by atoms with van der Waals surface area (Å²) in [5, 5.41) is 12.1. The van der Waals surface area contributed by atoms with E-state index in [1.165, 1.54) is 0 Å². The monoisotopic (exact) mass is 295 g/mol. The van der Waals surface area contributed by atoms with E-state index >= 15 is 0 Å². The fourth-order valence-electron chi connectivity index (χ4n) is 1.57. The Balaban J connectivity index is 2.46. The minimum Gasteiger partial charge on any atom is -0.396 e. The Morgan fingerprint density at radius 3 is 2.42 bits per heavy atom. The van der Waals surface area contributed by atoms with Crippen LogP contribution in [0.2, 0.25) is 10.0 Å². The van der Waals surface area contributed by atoms with E-state index in [-0.39, 0.29) is 15.7 Å². The van der Waals surface area contributed by atoms with Crippen molar-refractivity contribution in [1.29, 1.82) is 5.26 Å². The lowest BCUT2D eigenvalue weighted by atomic mass is 10.1. The van der Waals surface area contributed by atoms with Crippen LogP contribution < -0.4 is 11.1 Å². The van der Waals surface area contributed by atoms with Crippen LogP contribution in [0, 0.1) is 17.1 Å². The van der Waals surface area contributed by atoms with Crippen LogP contribution >= 0.6 is 23.2 Å². The van der Waals surface area contributed by atoms with Gasteiger partial charge in [-0.2, -0.15) is 5.26 Å². The van der Waals surface area contributed by atoms with Crippen LogP contribution in [0.1, 0.15) is 5.56 Å². The molecule has 0 aliphatic carbocycles. The van der Waals surface area contributed by atoms with Gasteiger partial charge >= 0.3 is 0 Å². The maximum Gasteiger partial charge on any atom is 0.126 e. The summed E-state index contributed by atoms with van der Waals surface area (Å²) in [5.41, 5.74) is 7.26. The molecule has 0 amide bonds. The average molecular weight is 296 g/mol. The Kier molecular flexibility index (Phi) is 3.79. The van der Waals surface area contributed by atoms with Crippen LogP contribution in [0.3, 0.4) is 0 Å². The topological polar surface area (TPSA) is 61.8 Å². The molecule has 0 saturated heterocycles. The van der Waals surface area contributed by atoms with Crippen molar-refractivity contribution in [2.75, 3.05) is 11.1 Å². The number of halogens is 3. The van der Waals surface area contributed by atoms with Gasteiger partial charge in [-0.3, -0.25) is 0 Å². The van der Waals surface area contributed by atoms with Crippen LogP contribution in [-0.2, 0) is 0 Å². The number of hydrogen-bond donors (Lipinski definition) is 2. The van der Waals surface area contributed by atoms with E-state index in [0.29, 0.717) is 16.9 Å². The van der Waals surface area contributed by atoms with E-state index in [2.05, 4.69) is 5.32 Å². The van der Waals surface area contributed by atoms with Gasteiger partial charge in [-0.25, -0.2) is 4.39 Å². The summed E-state index contributed by atoms with van der Waals surface area (Å²) in [6.07, 6.45) is 0. The Morgan fingerprint density at radius 2 is 1.84 bits per heavy atom. The van der Waals surface area contributed by atoms with Crippen molar-refractivity contribution in [1.82, 2.24) is 0 Å². The van der Waals surface area contributed by atoms with Gasteiger partial charge in [0.05, 0.1) is 32.7 Å². The first-order chi connectivity index (χ1) is 9.02. The summed E-state index contributed by atoms with van der Waals surface area (Å²) in [4.78, 5) is 0. The van der Waals surface area contributed by atoms with Gasteiger partial charge in [0.1, 0.15) is 11.9 Å². The third kappa shape index (κ3) is 2.73. The lowest BCUT2D eigenvalue weighted by Gasteiger charge is -2.13. The Morgan fingerprint density at radius 1 is 1.21 bits per heavy atom. The number of nitrogens with two attached hydrogens (primary N) is 1. The largest absolute Gasteiger partial charge is 0.396 e. The zero-order chi connectivity index (χ0) is 14.0.